The van der Waals surface area contributed by atoms with Crippen LogP contribution in [0.25, 0.3) is 10.9 Å². The molecule has 1 unspecified atom stereocenters. The van der Waals surface area contributed by atoms with Crippen molar-refractivity contribution < 1.29 is 4.79 Å². The number of pyridine rings is 1. The first kappa shape index (κ1) is 14.8. The van der Waals surface area contributed by atoms with Gasteiger partial charge in [-0.15, -0.1) is 0 Å². The molecule has 1 aromatic carbocycles. The quantitative estimate of drug-likeness (QED) is 0.938. The summed E-state index contributed by atoms with van der Waals surface area (Å²) >= 11 is 6.17. The van der Waals surface area contributed by atoms with Gasteiger partial charge in [0.1, 0.15) is 0 Å². The summed E-state index contributed by atoms with van der Waals surface area (Å²) in [5, 5.41) is 1.57. The van der Waals surface area contributed by atoms with Gasteiger partial charge >= 0.3 is 0 Å². The molecule has 20 heavy (non-hydrogen) atoms. The van der Waals surface area contributed by atoms with Crippen molar-refractivity contribution in [1.82, 2.24) is 9.88 Å². The third-order valence-electron chi connectivity index (χ3n) is 3.34. The number of carbonyl (C=O) groups excluding carboxylic acids is 1. The summed E-state index contributed by atoms with van der Waals surface area (Å²) in [6.07, 6.45) is 2.30. The molecule has 106 valence electrons. The second kappa shape index (κ2) is 6.20. The molecule has 0 saturated heterocycles. The Balaban J connectivity index is 2.38. The highest BCUT2D eigenvalue weighted by Crippen LogP contribution is 2.26. The Morgan fingerprint density at radius 1 is 1.40 bits per heavy atom. The summed E-state index contributed by atoms with van der Waals surface area (Å²) in [6, 6.07) is 7.54. The number of benzene rings is 1. The number of amides is 1. The first-order valence-electron chi connectivity index (χ1n) is 6.48. The van der Waals surface area contributed by atoms with E-state index >= 15 is 0 Å². The maximum atomic E-state index is 12.1. The van der Waals surface area contributed by atoms with E-state index in [-0.39, 0.29) is 11.8 Å². The molecule has 4 nitrogen and oxygen atoms in total. The number of aromatic nitrogens is 1. The first-order valence-corrected chi connectivity index (χ1v) is 6.85. The Morgan fingerprint density at radius 2 is 2.15 bits per heavy atom. The number of carbonyl (C=O) groups is 1. The second-order valence-corrected chi connectivity index (χ2v) is 5.38. The van der Waals surface area contributed by atoms with Crippen LogP contribution < -0.4 is 5.73 Å². The van der Waals surface area contributed by atoms with E-state index in [1.807, 2.05) is 24.3 Å². The molecule has 0 aliphatic rings. The minimum absolute atomic E-state index is 0.0338. The van der Waals surface area contributed by atoms with Crippen molar-refractivity contribution >= 4 is 28.4 Å². The smallest absolute Gasteiger partial charge is 0.226 e. The number of rotatable bonds is 4. The number of nitrogens with two attached hydrogens (primary N) is 1. The Labute approximate surface area is 123 Å². The average molecular weight is 292 g/mol. The maximum Gasteiger partial charge on any atom is 0.226 e. The third-order valence-corrected chi connectivity index (χ3v) is 3.67. The highest BCUT2D eigenvalue weighted by atomic mass is 35.5. The van der Waals surface area contributed by atoms with Crippen molar-refractivity contribution in [3.05, 3.63) is 41.0 Å². The summed E-state index contributed by atoms with van der Waals surface area (Å²) < 4.78 is 0. The zero-order chi connectivity index (χ0) is 14.7. The molecule has 5 heteroatoms. The van der Waals surface area contributed by atoms with Gasteiger partial charge in [0, 0.05) is 37.2 Å². The minimum Gasteiger partial charge on any atom is -0.349 e. The molecule has 0 fully saturated rings. The number of fused-ring (bicyclic) bond motifs is 1. The van der Waals surface area contributed by atoms with E-state index in [2.05, 4.69) is 4.98 Å². The molecule has 0 saturated carbocycles. The SMILES string of the molecule is CN(C)C(=O)C(CN)Cc1ccc(Cl)c2cccnc12. The van der Waals surface area contributed by atoms with Gasteiger partial charge in [-0.2, -0.15) is 0 Å². The molecule has 2 aromatic rings. The molecular weight excluding hydrogens is 274 g/mol. The summed E-state index contributed by atoms with van der Waals surface area (Å²) in [4.78, 5) is 18.0. The molecule has 0 aliphatic carbocycles. The summed E-state index contributed by atoms with van der Waals surface area (Å²) in [7, 11) is 3.48. The molecule has 2 rings (SSSR count). The first-order chi connectivity index (χ1) is 9.54. The van der Waals surface area contributed by atoms with Crippen LogP contribution in [0.3, 0.4) is 0 Å². The van der Waals surface area contributed by atoms with Crippen molar-refractivity contribution in [3.63, 3.8) is 0 Å². The van der Waals surface area contributed by atoms with Gasteiger partial charge < -0.3 is 10.6 Å². The molecule has 2 N–H and O–H groups in total. The van der Waals surface area contributed by atoms with Crippen LogP contribution in [-0.2, 0) is 11.2 Å². The van der Waals surface area contributed by atoms with Gasteiger partial charge in [0.25, 0.3) is 0 Å². The lowest BCUT2D eigenvalue weighted by molar-refractivity contribution is -0.132. The molecule has 1 aromatic heterocycles. The Morgan fingerprint density at radius 3 is 2.80 bits per heavy atom. The van der Waals surface area contributed by atoms with Crippen LogP contribution in [0.5, 0.6) is 0 Å². The zero-order valence-corrected chi connectivity index (χ0v) is 12.4. The second-order valence-electron chi connectivity index (χ2n) is 4.98. The van der Waals surface area contributed by atoms with E-state index < -0.39 is 0 Å². The molecule has 0 spiro atoms. The summed E-state index contributed by atoms with van der Waals surface area (Å²) in [6.45, 7) is 0.313. The van der Waals surface area contributed by atoms with E-state index in [0.717, 1.165) is 16.5 Å². The minimum atomic E-state index is -0.239. The van der Waals surface area contributed by atoms with E-state index in [0.29, 0.717) is 18.0 Å². The van der Waals surface area contributed by atoms with Gasteiger partial charge in [-0.05, 0) is 30.2 Å². The number of hydrogen-bond donors (Lipinski definition) is 1. The number of hydrogen-bond acceptors (Lipinski definition) is 3. The highest BCUT2D eigenvalue weighted by molar-refractivity contribution is 6.35. The van der Waals surface area contributed by atoms with Gasteiger partial charge in [-0.3, -0.25) is 9.78 Å². The number of nitrogens with zero attached hydrogens (tertiary/aromatic N) is 2. The number of halogens is 1. The maximum absolute atomic E-state index is 12.1. The van der Waals surface area contributed by atoms with Crippen LogP contribution in [0, 0.1) is 5.92 Å². The van der Waals surface area contributed by atoms with Crippen LogP contribution in [0.15, 0.2) is 30.5 Å². The van der Waals surface area contributed by atoms with Crippen molar-refractivity contribution in [2.24, 2.45) is 11.7 Å². The van der Waals surface area contributed by atoms with Crippen LogP contribution in [0.4, 0.5) is 0 Å². The van der Waals surface area contributed by atoms with Crippen LogP contribution in [-0.4, -0.2) is 36.4 Å². The fraction of sp³-hybridized carbons (Fsp3) is 0.333. The van der Waals surface area contributed by atoms with E-state index in [1.165, 1.54) is 0 Å². The van der Waals surface area contributed by atoms with Crippen molar-refractivity contribution in [3.8, 4) is 0 Å². The van der Waals surface area contributed by atoms with Gasteiger partial charge in [-0.1, -0.05) is 17.7 Å². The zero-order valence-electron chi connectivity index (χ0n) is 11.6. The lowest BCUT2D eigenvalue weighted by Gasteiger charge is -2.19. The van der Waals surface area contributed by atoms with Crippen molar-refractivity contribution in [2.75, 3.05) is 20.6 Å². The molecule has 0 aliphatic heterocycles. The van der Waals surface area contributed by atoms with Crippen molar-refractivity contribution in [1.29, 1.82) is 0 Å². The van der Waals surface area contributed by atoms with Crippen LogP contribution >= 0.6 is 11.6 Å². The summed E-state index contributed by atoms with van der Waals surface area (Å²) in [5.41, 5.74) is 7.57. The Kier molecular flexibility index (Phi) is 4.57. The third kappa shape index (κ3) is 2.92. The summed E-state index contributed by atoms with van der Waals surface area (Å²) in [5.74, 6) is -0.206. The van der Waals surface area contributed by atoms with E-state index in [4.69, 9.17) is 17.3 Å². The molecular formula is C15H18ClN3O. The standard InChI is InChI=1S/C15H18ClN3O/c1-19(2)15(20)11(9-17)8-10-5-6-13(16)12-4-3-7-18-14(10)12/h3-7,11H,8-9,17H2,1-2H3. The van der Waals surface area contributed by atoms with Crippen LogP contribution in [0.1, 0.15) is 5.56 Å². The Hall–Kier alpha value is -1.65. The predicted octanol–water partition coefficient (Wildman–Crippen LogP) is 2.09. The van der Waals surface area contributed by atoms with Crippen LogP contribution in [0.2, 0.25) is 5.02 Å². The molecule has 1 atom stereocenters. The van der Waals surface area contributed by atoms with Gasteiger partial charge in [0.15, 0.2) is 0 Å². The topological polar surface area (TPSA) is 59.2 Å². The van der Waals surface area contributed by atoms with Gasteiger partial charge in [0.05, 0.1) is 11.4 Å². The molecule has 1 heterocycles. The van der Waals surface area contributed by atoms with Gasteiger partial charge in [-0.25, -0.2) is 0 Å². The largest absolute Gasteiger partial charge is 0.349 e. The fourth-order valence-electron chi connectivity index (χ4n) is 2.26. The molecule has 1 amide bonds. The normalized spacial score (nSPS) is 12.4. The average Bonchev–Trinajstić information content (AvgIpc) is 2.46. The fourth-order valence-corrected chi connectivity index (χ4v) is 2.48. The monoisotopic (exact) mass is 291 g/mol. The van der Waals surface area contributed by atoms with E-state index in [1.54, 1.807) is 25.2 Å². The van der Waals surface area contributed by atoms with Crippen molar-refractivity contribution in [2.45, 2.75) is 6.42 Å². The lowest BCUT2D eigenvalue weighted by atomic mass is 9.96. The van der Waals surface area contributed by atoms with Gasteiger partial charge in [0.2, 0.25) is 5.91 Å². The Bertz CT molecular complexity index is 628. The molecule has 0 radical (unpaired) electrons. The van der Waals surface area contributed by atoms with E-state index in [9.17, 15) is 4.79 Å². The predicted molar refractivity (Wildman–Crippen MR) is 81.7 cm³/mol. The lowest BCUT2D eigenvalue weighted by Crippen LogP contribution is -2.35. The molecule has 0 bridgehead atoms. The highest BCUT2D eigenvalue weighted by Gasteiger charge is 2.20.